The molecule has 0 aromatic carbocycles. The molecule has 0 bridgehead atoms. The first kappa shape index (κ1) is 39.5. The van der Waals surface area contributed by atoms with Crippen LogP contribution < -0.4 is 0 Å². The molecule has 0 spiro atoms. The average Bonchev–Trinajstić information content (AvgIpc) is 3.63. The highest BCUT2D eigenvalue weighted by Crippen LogP contribution is 2.70. The van der Waals surface area contributed by atoms with Crippen LogP contribution in [0, 0.1) is 34.5 Å². The van der Waals surface area contributed by atoms with Crippen LogP contribution in [-0.2, 0) is 42.7 Å². The van der Waals surface area contributed by atoms with Crippen molar-refractivity contribution in [1.82, 2.24) is 0 Å². The first-order valence-electron chi connectivity index (χ1n) is 19.3. The Hall–Kier alpha value is -1.76. The normalized spacial score (nSPS) is 52.5. The SMILES string of the molecule is CO[C@@H]1[C@@H](O)[C@H](O[C@H]2CC[C@@]3(C)[C@H](CC[C@@H]4[C@@H]3CC[C@]3(C)[C@@H](C5=CC(=O)OC5)[C@@H](OC(C)=O)C[C@]43O)C2)O[C@@H](C)[C@@H]1O[C@@H]1O[C@H](CO)[C@@H](O)[C@H](O)[C@H]1O. The molecule has 15 nitrogen and oxygen atoms in total. The largest absolute Gasteiger partial charge is 0.462 e. The van der Waals surface area contributed by atoms with E-state index in [1.165, 1.54) is 20.1 Å². The molecule has 53 heavy (non-hydrogen) atoms. The van der Waals surface area contributed by atoms with Crippen molar-refractivity contribution in [2.75, 3.05) is 20.3 Å². The smallest absolute Gasteiger partial charge is 0.331 e. The van der Waals surface area contributed by atoms with Crippen molar-refractivity contribution in [3.8, 4) is 0 Å². The van der Waals surface area contributed by atoms with E-state index >= 15 is 0 Å². The molecule has 0 amide bonds. The van der Waals surface area contributed by atoms with Crippen LogP contribution in [0.3, 0.4) is 0 Å². The quantitative estimate of drug-likeness (QED) is 0.147. The minimum atomic E-state index is -1.62. The molecule has 0 aromatic heterocycles. The third kappa shape index (κ3) is 6.49. The minimum Gasteiger partial charge on any atom is -0.462 e. The third-order valence-electron chi connectivity index (χ3n) is 14.7. The van der Waals surface area contributed by atoms with E-state index in [9.17, 15) is 40.2 Å². The first-order valence-corrected chi connectivity index (χ1v) is 19.3. The summed E-state index contributed by atoms with van der Waals surface area (Å²) in [5, 5.41) is 64.8. The van der Waals surface area contributed by atoms with E-state index in [1.807, 2.05) is 0 Å². The Labute approximate surface area is 309 Å². The molecule has 6 fully saturated rings. The number of esters is 2. The van der Waals surface area contributed by atoms with Crippen LogP contribution in [-0.4, -0.2) is 142 Å². The second-order valence-electron chi connectivity index (χ2n) is 17.3. The fraction of sp³-hybridized carbons (Fsp3) is 0.895. The van der Waals surface area contributed by atoms with E-state index in [4.69, 9.17) is 33.2 Å². The van der Waals surface area contributed by atoms with Crippen LogP contribution >= 0.6 is 0 Å². The summed E-state index contributed by atoms with van der Waals surface area (Å²) in [4.78, 5) is 24.4. The zero-order chi connectivity index (χ0) is 38.2. The molecule has 15 heteroatoms. The summed E-state index contributed by atoms with van der Waals surface area (Å²) in [6, 6.07) is 0. The van der Waals surface area contributed by atoms with Crippen molar-refractivity contribution in [3.05, 3.63) is 11.6 Å². The average molecular weight is 755 g/mol. The summed E-state index contributed by atoms with van der Waals surface area (Å²) >= 11 is 0. The minimum absolute atomic E-state index is 0.00547. The second kappa shape index (κ2) is 14.6. The van der Waals surface area contributed by atoms with Crippen LogP contribution in [0.2, 0.25) is 0 Å². The third-order valence-corrected chi connectivity index (χ3v) is 14.7. The van der Waals surface area contributed by atoms with Gasteiger partial charge in [-0.05, 0) is 80.6 Å². The van der Waals surface area contributed by atoms with Crippen molar-refractivity contribution in [1.29, 1.82) is 0 Å². The van der Waals surface area contributed by atoms with Gasteiger partial charge in [-0.15, -0.1) is 0 Å². The first-order chi connectivity index (χ1) is 25.1. The van der Waals surface area contributed by atoms with Crippen LogP contribution in [0.1, 0.15) is 79.1 Å². The summed E-state index contributed by atoms with van der Waals surface area (Å²) in [6.07, 6.45) is -5.51. The maximum atomic E-state index is 12.8. The van der Waals surface area contributed by atoms with Crippen molar-refractivity contribution in [2.45, 2.75) is 158 Å². The van der Waals surface area contributed by atoms with Gasteiger partial charge in [0.2, 0.25) is 0 Å². The molecule has 19 atom stereocenters. The molecule has 300 valence electrons. The van der Waals surface area contributed by atoms with Crippen LogP contribution in [0.15, 0.2) is 11.6 Å². The molecular weight excluding hydrogens is 696 g/mol. The maximum Gasteiger partial charge on any atom is 0.331 e. The number of cyclic esters (lactones) is 1. The van der Waals surface area contributed by atoms with Crippen molar-refractivity contribution >= 4 is 11.9 Å². The highest BCUT2D eigenvalue weighted by atomic mass is 16.7. The van der Waals surface area contributed by atoms with E-state index in [-0.39, 0.29) is 35.9 Å². The Morgan fingerprint density at radius 2 is 1.66 bits per heavy atom. The number of carbonyl (C=O) groups excluding carboxylic acids is 2. The summed E-state index contributed by atoms with van der Waals surface area (Å²) in [5.41, 5.74) is -0.960. The van der Waals surface area contributed by atoms with Gasteiger partial charge >= 0.3 is 11.9 Å². The van der Waals surface area contributed by atoms with Gasteiger partial charge in [-0.25, -0.2) is 4.79 Å². The van der Waals surface area contributed by atoms with Crippen LogP contribution in [0.5, 0.6) is 0 Å². The number of ether oxygens (including phenoxy) is 7. The van der Waals surface area contributed by atoms with Gasteiger partial charge in [-0.3, -0.25) is 4.79 Å². The number of aliphatic hydroxyl groups is 6. The van der Waals surface area contributed by atoms with Crippen LogP contribution in [0.4, 0.5) is 0 Å². The fourth-order valence-electron chi connectivity index (χ4n) is 11.9. The lowest BCUT2D eigenvalue weighted by Crippen LogP contribution is -2.64. The number of hydrogen-bond acceptors (Lipinski definition) is 15. The highest BCUT2D eigenvalue weighted by molar-refractivity contribution is 5.85. The topological polar surface area (TPSA) is 220 Å². The van der Waals surface area contributed by atoms with E-state index in [0.29, 0.717) is 12.3 Å². The van der Waals surface area contributed by atoms with Crippen LogP contribution in [0.25, 0.3) is 0 Å². The second-order valence-corrected chi connectivity index (χ2v) is 17.3. The van der Waals surface area contributed by atoms with Gasteiger partial charge in [-0.2, -0.15) is 0 Å². The van der Waals surface area contributed by atoms with Crippen molar-refractivity contribution < 1.29 is 73.4 Å². The number of methoxy groups -OCH3 is 1. The molecule has 2 saturated heterocycles. The number of hydrogen-bond donors (Lipinski definition) is 6. The zero-order valence-corrected chi connectivity index (χ0v) is 31.2. The summed E-state index contributed by atoms with van der Waals surface area (Å²) < 4.78 is 41.0. The lowest BCUT2D eigenvalue weighted by Gasteiger charge is -2.63. The van der Waals surface area contributed by atoms with Crippen molar-refractivity contribution in [3.63, 3.8) is 0 Å². The molecule has 6 N–H and O–H groups in total. The van der Waals surface area contributed by atoms with E-state index in [2.05, 4.69) is 13.8 Å². The zero-order valence-electron chi connectivity index (χ0n) is 31.2. The van der Waals surface area contributed by atoms with E-state index in [1.54, 1.807) is 6.92 Å². The number of fused-ring (bicyclic) bond motifs is 5. The monoisotopic (exact) mass is 754 g/mol. The van der Waals surface area contributed by atoms with Crippen molar-refractivity contribution in [2.24, 2.45) is 34.5 Å². The molecule has 3 heterocycles. The number of rotatable bonds is 8. The highest BCUT2D eigenvalue weighted by Gasteiger charge is 2.71. The van der Waals surface area contributed by atoms with Gasteiger partial charge in [0.15, 0.2) is 12.6 Å². The molecule has 3 aliphatic heterocycles. The Morgan fingerprint density at radius 1 is 0.925 bits per heavy atom. The fourth-order valence-corrected chi connectivity index (χ4v) is 11.9. The standard InChI is InChI=1S/C38H58O15/c1-17-32(53-34-30(44)29(43)28(42)25(15-39)52-34)33(47-5)31(45)35(49-17)51-21-8-10-36(3)20(13-21)6-7-23-22(36)9-11-37(4)27(19-12-26(41)48-16-19)24(50-18(2)40)14-38(23,37)46/h12,17,20-25,27-35,39,42-46H,6-11,13-16H2,1-5H3/t17-,20+,21-,22-,23+,24-,25+,27-,28+,29-,30+,31+,32-,33+,34-,35-,36-,37+,38-/m0/s1. The number of carbonyl (C=O) groups is 2. The molecule has 0 unspecified atom stereocenters. The Bertz CT molecular complexity index is 1410. The van der Waals surface area contributed by atoms with E-state index < -0.39 is 97.1 Å². The Morgan fingerprint density at radius 3 is 2.32 bits per heavy atom. The molecule has 0 aromatic rings. The van der Waals surface area contributed by atoms with Gasteiger partial charge in [0, 0.05) is 37.9 Å². The summed E-state index contributed by atoms with van der Waals surface area (Å²) in [5.74, 6) is -0.574. The van der Waals surface area contributed by atoms with Gasteiger partial charge in [0.05, 0.1) is 24.4 Å². The molecule has 4 saturated carbocycles. The van der Waals surface area contributed by atoms with Gasteiger partial charge in [0.25, 0.3) is 0 Å². The van der Waals surface area contributed by atoms with Gasteiger partial charge < -0.3 is 63.8 Å². The summed E-state index contributed by atoms with van der Waals surface area (Å²) in [6.45, 7) is 7.09. The lowest BCUT2D eigenvalue weighted by molar-refractivity contribution is -0.362. The number of aliphatic hydroxyl groups excluding tert-OH is 5. The Balaban J connectivity index is 1.02. The molecule has 7 rings (SSSR count). The van der Waals surface area contributed by atoms with Gasteiger partial charge in [-0.1, -0.05) is 13.8 Å². The summed E-state index contributed by atoms with van der Waals surface area (Å²) in [7, 11) is 1.42. The Kier molecular flexibility index (Phi) is 10.9. The molecule has 0 radical (unpaired) electrons. The lowest BCUT2D eigenvalue weighted by atomic mass is 9.43. The van der Waals surface area contributed by atoms with E-state index in [0.717, 1.165) is 50.5 Å². The predicted octanol–water partition coefficient (Wildman–Crippen LogP) is 0.476. The molecular formula is C38H58O15. The van der Waals surface area contributed by atoms with Gasteiger partial charge in [0.1, 0.15) is 55.4 Å². The molecule has 4 aliphatic carbocycles. The molecule has 7 aliphatic rings. The predicted molar refractivity (Wildman–Crippen MR) is 181 cm³/mol. The maximum absolute atomic E-state index is 12.8.